The fourth-order valence-electron chi connectivity index (χ4n) is 1.98. The van der Waals surface area contributed by atoms with E-state index in [1.54, 1.807) is 0 Å². The van der Waals surface area contributed by atoms with E-state index in [1.165, 1.54) is 22.7 Å². The van der Waals surface area contributed by atoms with Crippen LogP contribution in [0.15, 0.2) is 27.7 Å². The quantitative estimate of drug-likeness (QED) is 0.605. The van der Waals surface area contributed by atoms with E-state index in [1.807, 2.05) is 24.2 Å². The minimum atomic E-state index is 0.454. The number of fused-ring (bicyclic) bond motifs is 2. The van der Waals surface area contributed by atoms with Crippen molar-refractivity contribution in [1.82, 2.24) is 5.32 Å². The van der Waals surface area contributed by atoms with Crippen LogP contribution in [-0.2, 0) is 0 Å². The maximum absolute atomic E-state index is 4.16. The Morgan fingerprint density at radius 1 is 1.58 bits per heavy atom. The van der Waals surface area contributed by atoms with E-state index >= 15 is 0 Å². The van der Waals surface area contributed by atoms with Gasteiger partial charge in [-0.25, -0.2) is 0 Å². The van der Waals surface area contributed by atoms with Gasteiger partial charge >= 0.3 is 0 Å². The van der Waals surface area contributed by atoms with Gasteiger partial charge in [0.1, 0.15) is 0 Å². The molecule has 0 bridgehead atoms. The standard InChI is InChI=1S/C9H10N2S/c1-3-10-5-6-7(1)11-8-2-4-12-9(6)8/h1,3,5,7-8,11H,2,4H2. The number of nitrogens with one attached hydrogen (secondary N) is 1. The minimum Gasteiger partial charge on any atom is -0.299 e. The largest absolute Gasteiger partial charge is 0.299 e. The smallest absolute Gasteiger partial charge is 0.0552 e. The average Bonchev–Trinajstić information content (AvgIpc) is 2.62. The summed E-state index contributed by atoms with van der Waals surface area (Å²) in [5, 5.41) is 3.58. The van der Waals surface area contributed by atoms with Crippen molar-refractivity contribution in [3.63, 3.8) is 0 Å². The summed E-state index contributed by atoms with van der Waals surface area (Å²) < 4.78 is 0. The Hall–Kier alpha value is -0.540. The molecule has 0 radical (unpaired) electrons. The van der Waals surface area contributed by atoms with Gasteiger partial charge in [0.2, 0.25) is 0 Å². The van der Waals surface area contributed by atoms with Gasteiger partial charge in [-0.15, -0.1) is 11.8 Å². The highest BCUT2D eigenvalue weighted by Crippen LogP contribution is 2.39. The predicted octanol–water partition coefficient (Wildman–Crippen LogP) is 1.32. The first-order valence-electron chi connectivity index (χ1n) is 4.28. The van der Waals surface area contributed by atoms with Crippen molar-refractivity contribution >= 4 is 18.0 Å². The third kappa shape index (κ3) is 0.836. The molecule has 0 aromatic rings. The number of hydrogen-bond donors (Lipinski definition) is 1. The van der Waals surface area contributed by atoms with Crippen molar-refractivity contribution in [2.45, 2.75) is 18.5 Å². The summed E-state index contributed by atoms with van der Waals surface area (Å²) in [4.78, 5) is 5.70. The average molecular weight is 178 g/mol. The Balaban J connectivity index is 2.06. The number of thioether (sulfide) groups is 1. The highest BCUT2D eigenvalue weighted by Gasteiger charge is 2.34. The van der Waals surface area contributed by atoms with Crippen molar-refractivity contribution in [3.05, 3.63) is 22.8 Å². The van der Waals surface area contributed by atoms with Crippen LogP contribution in [0.2, 0.25) is 0 Å². The molecule has 0 aliphatic carbocycles. The van der Waals surface area contributed by atoms with Gasteiger partial charge in [-0.3, -0.25) is 10.3 Å². The summed E-state index contributed by atoms with van der Waals surface area (Å²) in [5.41, 5.74) is 1.41. The predicted molar refractivity (Wildman–Crippen MR) is 52.4 cm³/mol. The number of rotatable bonds is 0. The molecular weight excluding hydrogens is 168 g/mol. The fourth-order valence-corrected chi connectivity index (χ4v) is 3.29. The van der Waals surface area contributed by atoms with E-state index in [-0.39, 0.29) is 0 Å². The molecule has 2 nitrogen and oxygen atoms in total. The van der Waals surface area contributed by atoms with E-state index in [0.29, 0.717) is 12.1 Å². The monoisotopic (exact) mass is 178 g/mol. The van der Waals surface area contributed by atoms with Crippen LogP contribution in [0.25, 0.3) is 0 Å². The lowest BCUT2D eigenvalue weighted by atomic mass is 10.1. The molecule has 12 heavy (non-hydrogen) atoms. The molecule has 2 atom stereocenters. The molecule has 0 aromatic carbocycles. The van der Waals surface area contributed by atoms with Crippen LogP contribution in [-0.4, -0.2) is 24.1 Å². The first-order chi connectivity index (χ1) is 5.95. The third-order valence-corrected chi connectivity index (χ3v) is 3.83. The summed E-state index contributed by atoms with van der Waals surface area (Å²) in [6.07, 6.45) is 7.31. The lowest BCUT2D eigenvalue weighted by Crippen LogP contribution is -2.30. The van der Waals surface area contributed by atoms with Crippen LogP contribution < -0.4 is 5.32 Å². The molecule has 0 amide bonds. The number of nitrogens with zero attached hydrogens (tertiary/aromatic N) is 1. The zero-order valence-electron chi connectivity index (χ0n) is 6.66. The van der Waals surface area contributed by atoms with E-state index in [4.69, 9.17) is 0 Å². The van der Waals surface area contributed by atoms with Crippen molar-refractivity contribution < 1.29 is 0 Å². The lowest BCUT2D eigenvalue weighted by molar-refractivity contribution is 0.609. The molecule has 3 heterocycles. The first kappa shape index (κ1) is 6.92. The summed E-state index contributed by atoms with van der Waals surface area (Å²) in [7, 11) is 0. The Labute approximate surface area is 75.8 Å². The second-order valence-electron chi connectivity index (χ2n) is 3.27. The van der Waals surface area contributed by atoms with Crippen LogP contribution in [0.4, 0.5) is 0 Å². The lowest BCUT2D eigenvalue weighted by Gasteiger charge is -2.11. The highest BCUT2D eigenvalue weighted by molar-refractivity contribution is 8.03. The fraction of sp³-hybridized carbons (Fsp3) is 0.444. The van der Waals surface area contributed by atoms with Crippen LogP contribution in [0.1, 0.15) is 6.42 Å². The third-order valence-electron chi connectivity index (χ3n) is 2.56. The maximum atomic E-state index is 4.16. The molecular formula is C9H10N2S. The topological polar surface area (TPSA) is 24.4 Å². The number of hydrogen-bond acceptors (Lipinski definition) is 3. The molecule has 0 aromatic heterocycles. The molecule has 1 N–H and O–H groups in total. The van der Waals surface area contributed by atoms with Crippen LogP contribution in [0.3, 0.4) is 0 Å². The first-order valence-corrected chi connectivity index (χ1v) is 5.26. The van der Waals surface area contributed by atoms with E-state index in [0.717, 1.165) is 0 Å². The van der Waals surface area contributed by atoms with Gasteiger partial charge in [0.05, 0.1) is 6.04 Å². The second kappa shape index (κ2) is 2.47. The van der Waals surface area contributed by atoms with Gasteiger partial charge in [0.15, 0.2) is 0 Å². The summed E-state index contributed by atoms with van der Waals surface area (Å²) in [5.74, 6) is 1.26. The Kier molecular flexibility index (Phi) is 1.43. The van der Waals surface area contributed by atoms with Crippen LogP contribution in [0, 0.1) is 0 Å². The van der Waals surface area contributed by atoms with Gasteiger partial charge < -0.3 is 0 Å². The molecule has 62 valence electrons. The van der Waals surface area contributed by atoms with E-state index < -0.39 is 0 Å². The molecule has 0 spiro atoms. The summed E-state index contributed by atoms with van der Waals surface area (Å²) in [6.45, 7) is 0. The molecule has 2 unspecified atom stereocenters. The molecule has 3 aliphatic rings. The second-order valence-corrected chi connectivity index (χ2v) is 4.41. The molecule has 3 aliphatic heterocycles. The highest BCUT2D eigenvalue weighted by atomic mass is 32.2. The SMILES string of the molecule is C1=CC2NC3CCSC3=C2C=N1. The molecule has 0 saturated carbocycles. The van der Waals surface area contributed by atoms with Crippen molar-refractivity contribution in [1.29, 1.82) is 0 Å². The Morgan fingerprint density at radius 3 is 3.58 bits per heavy atom. The minimum absolute atomic E-state index is 0.454. The summed E-state index contributed by atoms with van der Waals surface area (Å²) in [6, 6.07) is 1.08. The zero-order chi connectivity index (χ0) is 7.97. The van der Waals surface area contributed by atoms with Crippen molar-refractivity contribution in [3.8, 4) is 0 Å². The van der Waals surface area contributed by atoms with E-state index in [9.17, 15) is 0 Å². The molecule has 1 saturated heterocycles. The zero-order valence-corrected chi connectivity index (χ0v) is 7.47. The normalized spacial score (nSPS) is 37.3. The Morgan fingerprint density at radius 2 is 2.58 bits per heavy atom. The van der Waals surface area contributed by atoms with Gasteiger partial charge in [-0.2, -0.15) is 0 Å². The number of aliphatic imine (C=N–C) groups is 1. The summed E-state index contributed by atoms with van der Waals surface area (Å²) >= 11 is 1.99. The Bertz CT molecular complexity index is 304. The van der Waals surface area contributed by atoms with E-state index in [2.05, 4.69) is 16.4 Å². The van der Waals surface area contributed by atoms with Gasteiger partial charge in [-0.1, -0.05) is 0 Å². The van der Waals surface area contributed by atoms with Crippen molar-refractivity contribution in [2.75, 3.05) is 5.75 Å². The van der Waals surface area contributed by atoms with Crippen LogP contribution in [0.5, 0.6) is 0 Å². The van der Waals surface area contributed by atoms with Crippen molar-refractivity contribution in [2.24, 2.45) is 4.99 Å². The molecule has 3 heteroatoms. The molecule has 3 rings (SSSR count). The molecule has 1 fully saturated rings. The van der Waals surface area contributed by atoms with Gasteiger partial charge in [-0.05, 0) is 18.2 Å². The van der Waals surface area contributed by atoms with Gasteiger partial charge in [0.25, 0.3) is 0 Å². The maximum Gasteiger partial charge on any atom is 0.0552 e. The van der Waals surface area contributed by atoms with Crippen LogP contribution >= 0.6 is 11.8 Å². The van der Waals surface area contributed by atoms with Gasteiger partial charge in [0, 0.05) is 28.9 Å².